The van der Waals surface area contributed by atoms with Crippen molar-refractivity contribution in [3.8, 4) is 5.75 Å². The van der Waals surface area contributed by atoms with Crippen molar-refractivity contribution in [3.63, 3.8) is 0 Å². The number of aryl methyl sites for hydroxylation is 1. The highest BCUT2D eigenvalue weighted by Crippen LogP contribution is 2.20. The molecular formula is C25H28N4O4S. The molecule has 8 nitrogen and oxygen atoms in total. The first-order valence-electron chi connectivity index (χ1n) is 11.0. The van der Waals surface area contributed by atoms with Crippen LogP contribution in [0.4, 0.5) is 5.69 Å². The number of aromatic nitrogens is 3. The number of hydrogen-bond acceptors (Lipinski definition) is 7. The number of ether oxygens (including phenoxy) is 2. The van der Waals surface area contributed by atoms with Gasteiger partial charge >= 0.3 is 5.97 Å². The molecule has 0 fully saturated rings. The van der Waals surface area contributed by atoms with E-state index in [2.05, 4.69) is 29.0 Å². The number of rotatable bonds is 12. The Kier molecular flexibility index (Phi) is 9.28. The molecule has 0 aliphatic heterocycles. The average molecular weight is 481 g/mol. The van der Waals surface area contributed by atoms with E-state index in [4.69, 9.17) is 9.47 Å². The maximum Gasteiger partial charge on any atom is 0.338 e. The Balaban J connectivity index is 1.56. The monoisotopic (exact) mass is 480 g/mol. The molecule has 3 aromatic rings. The van der Waals surface area contributed by atoms with E-state index in [0.717, 1.165) is 12.2 Å². The van der Waals surface area contributed by atoms with Gasteiger partial charge in [0.25, 0.3) is 0 Å². The fourth-order valence-electron chi connectivity index (χ4n) is 3.05. The first-order chi connectivity index (χ1) is 16.5. The first-order valence-corrected chi connectivity index (χ1v) is 12.0. The van der Waals surface area contributed by atoms with E-state index in [9.17, 15) is 9.59 Å². The van der Waals surface area contributed by atoms with Gasteiger partial charge in [0.05, 0.1) is 17.9 Å². The summed E-state index contributed by atoms with van der Waals surface area (Å²) in [5.41, 5.74) is 2.27. The quantitative estimate of drug-likeness (QED) is 0.231. The van der Waals surface area contributed by atoms with Crippen LogP contribution < -0.4 is 10.1 Å². The highest BCUT2D eigenvalue weighted by molar-refractivity contribution is 7.99. The van der Waals surface area contributed by atoms with Gasteiger partial charge in [-0.1, -0.05) is 36.9 Å². The van der Waals surface area contributed by atoms with E-state index in [1.54, 1.807) is 37.3 Å². The molecule has 0 aliphatic rings. The number of benzene rings is 2. The topological polar surface area (TPSA) is 95.3 Å². The van der Waals surface area contributed by atoms with Crippen molar-refractivity contribution < 1.29 is 19.1 Å². The fraction of sp³-hybridized carbons (Fsp3) is 0.280. The molecule has 1 aromatic heterocycles. The summed E-state index contributed by atoms with van der Waals surface area (Å²) in [5, 5.41) is 11.9. The minimum Gasteiger partial charge on any atom is -0.486 e. The molecule has 0 radical (unpaired) electrons. The van der Waals surface area contributed by atoms with Gasteiger partial charge in [-0.05, 0) is 55.3 Å². The number of allylic oxidation sites excluding steroid dienone is 1. The van der Waals surface area contributed by atoms with Crippen LogP contribution in [0, 0.1) is 0 Å². The molecule has 0 unspecified atom stereocenters. The van der Waals surface area contributed by atoms with Crippen LogP contribution in [-0.2, 0) is 29.1 Å². The highest BCUT2D eigenvalue weighted by Gasteiger charge is 2.15. The van der Waals surface area contributed by atoms with Crippen LogP contribution in [0.1, 0.15) is 35.6 Å². The number of hydrogen-bond donors (Lipinski definition) is 1. The van der Waals surface area contributed by atoms with Gasteiger partial charge in [-0.2, -0.15) is 0 Å². The van der Waals surface area contributed by atoms with Gasteiger partial charge in [0, 0.05) is 12.2 Å². The van der Waals surface area contributed by atoms with E-state index in [1.165, 1.54) is 17.3 Å². The predicted octanol–water partition coefficient (Wildman–Crippen LogP) is 4.51. The molecule has 0 aliphatic carbocycles. The number of nitrogens with one attached hydrogen (secondary N) is 1. The lowest BCUT2D eigenvalue weighted by molar-refractivity contribution is -0.113. The third kappa shape index (κ3) is 6.95. The second-order valence-corrected chi connectivity index (χ2v) is 8.16. The molecule has 1 amide bonds. The molecule has 0 saturated carbocycles. The zero-order valence-electron chi connectivity index (χ0n) is 19.3. The molecule has 0 spiro atoms. The van der Waals surface area contributed by atoms with Gasteiger partial charge < -0.3 is 14.8 Å². The van der Waals surface area contributed by atoms with Crippen molar-refractivity contribution in [1.82, 2.24) is 14.8 Å². The third-order valence-electron chi connectivity index (χ3n) is 4.82. The fourth-order valence-corrected chi connectivity index (χ4v) is 3.81. The van der Waals surface area contributed by atoms with Crippen LogP contribution in [0.3, 0.4) is 0 Å². The SMILES string of the molecule is C=CCn1c(COc2ccc(CC)cc2)nnc1SCC(=O)Nc1ccc(C(=O)OCC)cc1. The molecule has 9 heteroatoms. The van der Waals surface area contributed by atoms with Crippen molar-refractivity contribution in [2.75, 3.05) is 17.7 Å². The zero-order valence-corrected chi connectivity index (χ0v) is 20.1. The summed E-state index contributed by atoms with van der Waals surface area (Å²) < 4.78 is 12.7. The number of anilines is 1. The normalized spacial score (nSPS) is 10.5. The molecule has 0 atom stereocenters. The Bertz CT molecular complexity index is 1110. The van der Waals surface area contributed by atoms with Gasteiger partial charge in [-0.15, -0.1) is 16.8 Å². The molecule has 34 heavy (non-hydrogen) atoms. The Morgan fingerprint density at radius 1 is 1.09 bits per heavy atom. The molecule has 178 valence electrons. The molecule has 1 heterocycles. The maximum absolute atomic E-state index is 12.4. The lowest BCUT2D eigenvalue weighted by atomic mass is 10.2. The summed E-state index contributed by atoms with van der Waals surface area (Å²) in [7, 11) is 0. The van der Waals surface area contributed by atoms with Crippen molar-refractivity contribution >= 4 is 29.3 Å². The Morgan fingerprint density at radius 3 is 2.47 bits per heavy atom. The molecular weight excluding hydrogens is 452 g/mol. The third-order valence-corrected chi connectivity index (χ3v) is 5.78. The summed E-state index contributed by atoms with van der Waals surface area (Å²) in [5.74, 6) is 0.963. The maximum atomic E-state index is 12.4. The van der Waals surface area contributed by atoms with E-state index < -0.39 is 5.97 Å². The number of esters is 1. The van der Waals surface area contributed by atoms with Gasteiger partial charge in [0.2, 0.25) is 5.91 Å². The van der Waals surface area contributed by atoms with Crippen LogP contribution in [0.5, 0.6) is 5.75 Å². The van der Waals surface area contributed by atoms with Crippen LogP contribution in [0.25, 0.3) is 0 Å². The van der Waals surface area contributed by atoms with Crippen LogP contribution in [0.2, 0.25) is 0 Å². The van der Waals surface area contributed by atoms with Crippen LogP contribution >= 0.6 is 11.8 Å². The Hall–Kier alpha value is -3.59. The zero-order chi connectivity index (χ0) is 24.3. The second kappa shape index (κ2) is 12.6. The number of carbonyl (C=O) groups excluding carboxylic acids is 2. The Labute approximate surface area is 203 Å². The standard InChI is InChI=1S/C25H28N4O4S/c1-4-15-29-22(16-33-21-13-7-18(5-2)8-14-21)27-28-25(29)34-17-23(30)26-20-11-9-19(10-12-20)24(31)32-6-3/h4,7-14H,1,5-6,15-17H2,2-3H3,(H,26,30). The smallest absolute Gasteiger partial charge is 0.338 e. The summed E-state index contributed by atoms with van der Waals surface area (Å²) in [6, 6.07) is 14.5. The van der Waals surface area contributed by atoms with E-state index >= 15 is 0 Å². The minimum absolute atomic E-state index is 0.147. The summed E-state index contributed by atoms with van der Waals surface area (Å²) in [4.78, 5) is 24.2. The number of thioether (sulfide) groups is 1. The van der Waals surface area contributed by atoms with E-state index in [-0.39, 0.29) is 18.3 Å². The van der Waals surface area contributed by atoms with Gasteiger partial charge in [0.1, 0.15) is 12.4 Å². The molecule has 0 saturated heterocycles. The van der Waals surface area contributed by atoms with Gasteiger partial charge in [-0.25, -0.2) is 4.79 Å². The summed E-state index contributed by atoms with van der Waals surface area (Å²) in [6.07, 6.45) is 2.72. The second-order valence-electron chi connectivity index (χ2n) is 7.22. The summed E-state index contributed by atoms with van der Waals surface area (Å²) >= 11 is 1.28. The molecule has 0 bridgehead atoms. The average Bonchev–Trinajstić information content (AvgIpc) is 3.24. The van der Waals surface area contributed by atoms with E-state index in [0.29, 0.717) is 35.4 Å². The molecule has 2 aromatic carbocycles. The summed E-state index contributed by atoms with van der Waals surface area (Å²) in [6.45, 7) is 8.72. The largest absolute Gasteiger partial charge is 0.486 e. The van der Waals surface area contributed by atoms with Crippen molar-refractivity contribution in [2.24, 2.45) is 0 Å². The van der Waals surface area contributed by atoms with Gasteiger partial charge in [0.15, 0.2) is 11.0 Å². The van der Waals surface area contributed by atoms with Crippen molar-refractivity contribution in [1.29, 1.82) is 0 Å². The van der Waals surface area contributed by atoms with Gasteiger partial charge in [-0.3, -0.25) is 9.36 Å². The van der Waals surface area contributed by atoms with E-state index in [1.807, 2.05) is 28.8 Å². The van der Waals surface area contributed by atoms with Crippen molar-refractivity contribution in [2.45, 2.75) is 38.6 Å². The number of nitrogens with zero attached hydrogens (tertiary/aromatic N) is 3. The highest BCUT2D eigenvalue weighted by atomic mass is 32.2. The molecule has 1 N–H and O–H groups in total. The minimum atomic E-state index is -0.393. The van der Waals surface area contributed by atoms with Crippen LogP contribution in [0.15, 0.2) is 66.3 Å². The number of amides is 1. The lowest BCUT2D eigenvalue weighted by Gasteiger charge is -2.10. The first kappa shape index (κ1) is 25.0. The van der Waals surface area contributed by atoms with Crippen LogP contribution in [-0.4, -0.2) is 39.0 Å². The Morgan fingerprint density at radius 2 is 1.82 bits per heavy atom. The van der Waals surface area contributed by atoms with Crippen molar-refractivity contribution in [3.05, 3.63) is 78.1 Å². The predicted molar refractivity (Wildman–Crippen MR) is 132 cm³/mol. The molecule has 3 rings (SSSR count). The lowest BCUT2D eigenvalue weighted by Crippen LogP contribution is -2.15. The number of carbonyl (C=O) groups is 2.